The summed E-state index contributed by atoms with van der Waals surface area (Å²) < 4.78 is 41.7. The zero-order valence-electron chi connectivity index (χ0n) is 17.7. The minimum Gasteiger partial charge on any atom is -0.405 e. The Labute approximate surface area is 179 Å². The van der Waals surface area contributed by atoms with Gasteiger partial charge in [-0.1, -0.05) is 37.3 Å². The van der Waals surface area contributed by atoms with Crippen molar-refractivity contribution in [2.45, 2.75) is 45.8 Å². The van der Waals surface area contributed by atoms with Gasteiger partial charge in [0.15, 0.2) is 5.96 Å². The second-order valence-electron chi connectivity index (χ2n) is 6.91. The Bertz CT molecular complexity index is 883. The smallest absolute Gasteiger partial charge is 0.405 e. The van der Waals surface area contributed by atoms with Crippen LogP contribution in [0.25, 0.3) is 0 Å². The van der Waals surface area contributed by atoms with Crippen molar-refractivity contribution in [3.63, 3.8) is 0 Å². The summed E-state index contributed by atoms with van der Waals surface area (Å²) in [4.78, 5) is 16.2. The topological polar surface area (TPSA) is 74.8 Å². The fraction of sp³-hybridized carbons (Fsp3) is 0.364. The summed E-state index contributed by atoms with van der Waals surface area (Å²) in [5.41, 5.74) is 1.84. The molecule has 6 nitrogen and oxygen atoms in total. The van der Waals surface area contributed by atoms with Gasteiger partial charge in [-0.2, -0.15) is 0 Å². The number of alkyl halides is 3. The number of carbonyl (C=O) groups is 1. The molecule has 0 fully saturated rings. The molecule has 9 heteroatoms. The molecule has 2 rings (SSSR count). The maximum atomic E-state index is 12.5. The fourth-order valence-corrected chi connectivity index (χ4v) is 2.64. The summed E-state index contributed by atoms with van der Waals surface area (Å²) in [6.07, 6.45) is -3.90. The van der Waals surface area contributed by atoms with Crippen molar-refractivity contribution in [1.82, 2.24) is 16.0 Å². The summed E-state index contributed by atoms with van der Waals surface area (Å²) >= 11 is 0. The van der Waals surface area contributed by atoms with Crippen molar-refractivity contribution in [2.75, 3.05) is 7.05 Å². The lowest BCUT2D eigenvalue weighted by Gasteiger charge is -2.16. The monoisotopic (exact) mass is 436 g/mol. The molecule has 0 radical (unpaired) electrons. The van der Waals surface area contributed by atoms with Gasteiger partial charge in [0.05, 0.1) is 0 Å². The van der Waals surface area contributed by atoms with Crippen LogP contribution in [0, 0.1) is 0 Å². The van der Waals surface area contributed by atoms with Gasteiger partial charge in [-0.05, 0) is 37.1 Å². The Morgan fingerprint density at radius 1 is 1.06 bits per heavy atom. The molecule has 1 unspecified atom stereocenters. The quantitative estimate of drug-likeness (QED) is 0.432. The first-order valence-corrected chi connectivity index (χ1v) is 9.89. The predicted molar refractivity (Wildman–Crippen MR) is 114 cm³/mol. The number of carbonyl (C=O) groups excluding carboxylic acids is 1. The molecule has 0 bridgehead atoms. The van der Waals surface area contributed by atoms with E-state index in [4.69, 9.17) is 0 Å². The zero-order chi connectivity index (χ0) is 22.9. The Hall–Kier alpha value is -3.23. The van der Waals surface area contributed by atoms with E-state index in [1.165, 1.54) is 12.1 Å². The first kappa shape index (κ1) is 24.0. The first-order valence-electron chi connectivity index (χ1n) is 9.89. The molecule has 168 valence electrons. The highest BCUT2D eigenvalue weighted by molar-refractivity contribution is 5.94. The van der Waals surface area contributed by atoms with Crippen molar-refractivity contribution in [3.05, 3.63) is 65.2 Å². The van der Waals surface area contributed by atoms with Crippen LogP contribution >= 0.6 is 0 Å². The highest BCUT2D eigenvalue weighted by Gasteiger charge is 2.31. The summed E-state index contributed by atoms with van der Waals surface area (Å²) in [5.74, 6) is 0.0377. The largest absolute Gasteiger partial charge is 0.573 e. The highest BCUT2D eigenvalue weighted by Crippen LogP contribution is 2.26. The van der Waals surface area contributed by atoms with Gasteiger partial charge in [0.1, 0.15) is 5.75 Å². The molecule has 0 aromatic heterocycles. The summed E-state index contributed by atoms with van der Waals surface area (Å²) in [6.45, 7) is 4.47. The third-order valence-electron chi connectivity index (χ3n) is 4.53. The van der Waals surface area contributed by atoms with Crippen LogP contribution in [0.1, 0.15) is 41.8 Å². The Kier molecular flexibility index (Phi) is 8.72. The van der Waals surface area contributed by atoms with Gasteiger partial charge < -0.3 is 20.7 Å². The number of aliphatic imine (C=N–C) groups is 1. The number of nitrogens with one attached hydrogen (secondary N) is 3. The number of para-hydroxylation sites is 1. The molecule has 2 aromatic carbocycles. The summed E-state index contributed by atoms with van der Waals surface area (Å²) in [6, 6.07) is 13.2. The van der Waals surface area contributed by atoms with Crippen LogP contribution in [0.2, 0.25) is 0 Å². The van der Waals surface area contributed by atoms with Crippen LogP contribution < -0.4 is 20.7 Å². The second-order valence-corrected chi connectivity index (χ2v) is 6.91. The standard InChI is InChI=1S/C22H27F3N4O2/c1-4-15(2)29-20(30)17-11-9-16(10-12-17)13-27-21(26-3)28-14-18-7-5-6-8-19(18)31-22(23,24)25/h5-12,15H,4,13-14H2,1-3H3,(H,29,30)(H2,26,27,28). The third kappa shape index (κ3) is 8.19. The average molecular weight is 436 g/mol. The number of hydrogen-bond acceptors (Lipinski definition) is 3. The number of halogens is 3. The van der Waals surface area contributed by atoms with E-state index in [-0.39, 0.29) is 24.2 Å². The van der Waals surface area contributed by atoms with Crippen molar-refractivity contribution in [1.29, 1.82) is 0 Å². The van der Waals surface area contributed by atoms with E-state index in [2.05, 4.69) is 25.7 Å². The predicted octanol–water partition coefficient (Wildman–Crippen LogP) is 3.98. The molecule has 0 saturated carbocycles. The van der Waals surface area contributed by atoms with Gasteiger partial charge in [-0.15, -0.1) is 13.2 Å². The number of nitrogens with zero attached hydrogens (tertiary/aromatic N) is 1. The van der Waals surface area contributed by atoms with E-state index >= 15 is 0 Å². The van der Waals surface area contributed by atoms with Crippen molar-refractivity contribution in [2.24, 2.45) is 4.99 Å². The van der Waals surface area contributed by atoms with E-state index in [9.17, 15) is 18.0 Å². The number of amides is 1. The Balaban J connectivity index is 1.90. The normalized spacial score (nSPS) is 12.8. The molecule has 0 spiro atoms. The molecule has 0 aliphatic carbocycles. The molecule has 0 aliphatic rings. The Morgan fingerprint density at radius 3 is 2.32 bits per heavy atom. The molecule has 2 aromatic rings. The van der Waals surface area contributed by atoms with Gasteiger partial charge >= 0.3 is 6.36 Å². The lowest BCUT2D eigenvalue weighted by atomic mass is 10.1. The van der Waals surface area contributed by atoms with Gasteiger partial charge in [-0.3, -0.25) is 9.79 Å². The highest BCUT2D eigenvalue weighted by atomic mass is 19.4. The molecule has 0 saturated heterocycles. The maximum absolute atomic E-state index is 12.5. The molecule has 0 heterocycles. The van der Waals surface area contributed by atoms with Crippen LogP contribution in [0.4, 0.5) is 13.2 Å². The van der Waals surface area contributed by atoms with Gasteiger partial charge in [0.2, 0.25) is 0 Å². The van der Waals surface area contributed by atoms with Crippen molar-refractivity contribution >= 4 is 11.9 Å². The van der Waals surface area contributed by atoms with E-state index in [0.29, 0.717) is 23.6 Å². The van der Waals surface area contributed by atoms with E-state index < -0.39 is 6.36 Å². The van der Waals surface area contributed by atoms with Crippen molar-refractivity contribution in [3.8, 4) is 5.75 Å². The summed E-state index contributed by atoms with van der Waals surface area (Å²) in [5, 5.41) is 8.97. The summed E-state index contributed by atoms with van der Waals surface area (Å²) in [7, 11) is 1.57. The molecular weight excluding hydrogens is 409 g/mol. The number of ether oxygens (including phenoxy) is 1. The zero-order valence-corrected chi connectivity index (χ0v) is 17.7. The molecule has 31 heavy (non-hydrogen) atoms. The van der Waals surface area contributed by atoms with Crippen LogP contribution in [0.5, 0.6) is 5.75 Å². The van der Waals surface area contributed by atoms with Crippen LogP contribution in [-0.4, -0.2) is 31.3 Å². The van der Waals surface area contributed by atoms with E-state index in [1.54, 1.807) is 31.3 Å². The number of rotatable bonds is 8. The van der Waals surface area contributed by atoms with Crippen LogP contribution in [-0.2, 0) is 13.1 Å². The van der Waals surface area contributed by atoms with Crippen molar-refractivity contribution < 1.29 is 22.7 Å². The number of guanidine groups is 1. The maximum Gasteiger partial charge on any atom is 0.573 e. The number of hydrogen-bond donors (Lipinski definition) is 3. The molecule has 3 N–H and O–H groups in total. The van der Waals surface area contributed by atoms with E-state index in [0.717, 1.165) is 12.0 Å². The van der Waals surface area contributed by atoms with Crippen LogP contribution in [0.3, 0.4) is 0 Å². The SMILES string of the molecule is CCC(C)NC(=O)c1ccc(CNC(=NC)NCc2ccccc2OC(F)(F)F)cc1. The van der Waals surface area contributed by atoms with Crippen LogP contribution in [0.15, 0.2) is 53.5 Å². The van der Waals surface area contributed by atoms with Gasteiger partial charge in [0.25, 0.3) is 5.91 Å². The Morgan fingerprint density at radius 2 is 1.71 bits per heavy atom. The van der Waals surface area contributed by atoms with E-state index in [1.807, 2.05) is 26.0 Å². The molecule has 1 atom stereocenters. The fourth-order valence-electron chi connectivity index (χ4n) is 2.64. The second kappa shape index (κ2) is 11.2. The first-order chi connectivity index (χ1) is 14.7. The van der Waals surface area contributed by atoms with Gasteiger partial charge in [-0.25, -0.2) is 0 Å². The lowest BCUT2D eigenvalue weighted by Crippen LogP contribution is -2.36. The minimum absolute atomic E-state index is 0.0979. The van der Waals surface area contributed by atoms with Gasteiger partial charge in [0, 0.05) is 37.3 Å². The average Bonchev–Trinajstić information content (AvgIpc) is 2.74. The molecule has 1 amide bonds. The minimum atomic E-state index is -4.76. The third-order valence-corrected chi connectivity index (χ3v) is 4.53. The molecule has 0 aliphatic heterocycles. The lowest BCUT2D eigenvalue weighted by molar-refractivity contribution is -0.274. The number of benzene rings is 2. The molecular formula is C22H27F3N4O2.